The molecule has 2 aliphatic heterocycles. The van der Waals surface area contributed by atoms with E-state index in [2.05, 4.69) is 61.6 Å². The Morgan fingerprint density at radius 2 is 1.80 bits per heavy atom. The number of hydrogen-bond acceptors (Lipinski definition) is 3. The van der Waals surface area contributed by atoms with E-state index in [-0.39, 0.29) is 22.8 Å². The van der Waals surface area contributed by atoms with Gasteiger partial charge in [0.2, 0.25) is 0 Å². The van der Waals surface area contributed by atoms with E-state index >= 15 is 0 Å². The second-order valence-corrected chi connectivity index (χ2v) is 15.9. The minimum absolute atomic E-state index is 0.103. The normalized spacial score (nSPS) is 47.4. The van der Waals surface area contributed by atoms with Gasteiger partial charge in [0, 0.05) is 6.42 Å². The van der Waals surface area contributed by atoms with Gasteiger partial charge in [0.25, 0.3) is 0 Å². The van der Waals surface area contributed by atoms with Gasteiger partial charge in [-0.15, -0.1) is 0 Å². The summed E-state index contributed by atoms with van der Waals surface area (Å²) in [5.41, 5.74) is -0.698. The second kappa shape index (κ2) is 5.80. The SMILES string of the molecule is CC(C)C12CC(O[Si](C)(C)C(C)(C)C)C(C)(O1)C1CC[C@H](C)[C@@H]1[C@H]2O. The zero-order valence-electron chi connectivity index (χ0n) is 17.8. The predicted octanol–water partition coefficient (Wildman–Crippen LogP) is 4.99. The van der Waals surface area contributed by atoms with Gasteiger partial charge in [-0.2, -0.15) is 0 Å². The van der Waals surface area contributed by atoms with Gasteiger partial charge in [-0.1, -0.05) is 41.5 Å². The Kier molecular flexibility index (Phi) is 4.60. The summed E-state index contributed by atoms with van der Waals surface area (Å²) in [5.74, 6) is 1.65. The van der Waals surface area contributed by atoms with E-state index in [0.29, 0.717) is 23.7 Å². The first-order valence-corrected chi connectivity index (χ1v) is 13.2. The molecule has 2 bridgehead atoms. The molecular formula is C21H40O3Si. The predicted molar refractivity (Wildman–Crippen MR) is 105 cm³/mol. The van der Waals surface area contributed by atoms with Crippen molar-refractivity contribution >= 4 is 8.32 Å². The molecule has 0 radical (unpaired) electrons. The van der Waals surface area contributed by atoms with E-state index in [0.717, 1.165) is 12.8 Å². The first-order valence-electron chi connectivity index (χ1n) is 10.3. The Labute approximate surface area is 156 Å². The van der Waals surface area contributed by atoms with Crippen LogP contribution in [0, 0.1) is 23.7 Å². The Morgan fingerprint density at radius 3 is 2.32 bits per heavy atom. The largest absolute Gasteiger partial charge is 0.411 e. The molecule has 0 aromatic heterocycles. The molecule has 0 aromatic carbocycles. The van der Waals surface area contributed by atoms with E-state index < -0.39 is 13.9 Å². The molecule has 0 spiro atoms. The van der Waals surface area contributed by atoms with Crippen molar-refractivity contribution < 1.29 is 14.3 Å². The molecule has 1 saturated carbocycles. The average molecular weight is 369 g/mol. The topological polar surface area (TPSA) is 38.7 Å². The average Bonchev–Trinajstić information content (AvgIpc) is 2.95. The minimum atomic E-state index is -1.89. The fraction of sp³-hybridized carbons (Fsp3) is 1.00. The maximum absolute atomic E-state index is 11.4. The number of rotatable bonds is 3. The monoisotopic (exact) mass is 368 g/mol. The van der Waals surface area contributed by atoms with Crippen LogP contribution in [-0.2, 0) is 9.16 Å². The third-order valence-electron chi connectivity index (χ3n) is 8.43. The third kappa shape index (κ3) is 2.69. The lowest BCUT2D eigenvalue weighted by Gasteiger charge is -2.52. The number of aliphatic hydroxyl groups excluding tert-OH is 1. The van der Waals surface area contributed by atoms with Crippen LogP contribution < -0.4 is 0 Å². The minimum Gasteiger partial charge on any atom is -0.411 e. The Hall–Kier alpha value is 0.0969. The third-order valence-corrected chi connectivity index (χ3v) is 12.9. The Bertz CT molecular complexity index is 526. The fourth-order valence-electron chi connectivity index (χ4n) is 5.64. The summed E-state index contributed by atoms with van der Waals surface area (Å²) in [6.45, 7) is 20.6. The van der Waals surface area contributed by atoms with Crippen LogP contribution in [0.25, 0.3) is 0 Å². The lowest BCUT2D eigenvalue weighted by atomic mass is 9.69. The summed E-state index contributed by atoms with van der Waals surface area (Å²) in [6, 6.07) is 0. The van der Waals surface area contributed by atoms with Gasteiger partial charge >= 0.3 is 0 Å². The molecule has 0 aromatic rings. The van der Waals surface area contributed by atoms with Crippen LogP contribution in [0.2, 0.25) is 18.1 Å². The highest BCUT2D eigenvalue weighted by Crippen LogP contribution is 2.63. The molecule has 4 heteroatoms. The van der Waals surface area contributed by atoms with E-state index in [1.807, 2.05) is 0 Å². The number of aliphatic hydroxyl groups is 1. The maximum Gasteiger partial charge on any atom is 0.192 e. The number of ether oxygens (including phenoxy) is 1. The van der Waals surface area contributed by atoms with E-state index in [1.54, 1.807) is 0 Å². The molecular weight excluding hydrogens is 328 g/mol. The van der Waals surface area contributed by atoms with Gasteiger partial charge in [0.15, 0.2) is 8.32 Å². The van der Waals surface area contributed by atoms with Crippen molar-refractivity contribution in [3.8, 4) is 0 Å². The van der Waals surface area contributed by atoms with Crippen LogP contribution in [0.15, 0.2) is 0 Å². The van der Waals surface area contributed by atoms with Crippen LogP contribution in [-0.4, -0.2) is 36.8 Å². The maximum atomic E-state index is 11.4. The molecule has 4 unspecified atom stereocenters. The first-order chi connectivity index (χ1) is 11.3. The van der Waals surface area contributed by atoms with Gasteiger partial charge in [0.1, 0.15) is 0 Å². The van der Waals surface area contributed by atoms with Crippen LogP contribution in [0.5, 0.6) is 0 Å². The van der Waals surface area contributed by atoms with Gasteiger partial charge in [0.05, 0.1) is 23.4 Å². The molecule has 7 atom stereocenters. The lowest BCUT2D eigenvalue weighted by Crippen LogP contribution is -2.61. The van der Waals surface area contributed by atoms with Crippen LogP contribution in [0.3, 0.4) is 0 Å². The molecule has 2 saturated heterocycles. The van der Waals surface area contributed by atoms with Crippen LogP contribution >= 0.6 is 0 Å². The second-order valence-electron chi connectivity index (χ2n) is 11.1. The van der Waals surface area contributed by atoms with Crippen molar-refractivity contribution in [2.75, 3.05) is 0 Å². The highest BCUT2D eigenvalue weighted by molar-refractivity contribution is 6.74. The highest BCUT2D eigenvalue weighted by Gasteiger charge is 2.70. The van der Waals surface area contributed by atoms with Crippen molar-refractivity contribution in [1.29, 1.82) is 0 Å². The van der Waals surface area contributed by atoms with Crippen molar-refractivity contribution in [2.45, 2.75) is 109 Å². The zero-order valence-corrected chi connectivity index (χ0v) is 18.8. The fourth-order valence-corrected chi connectivity index (χ4v) is 7.02. The van der Waals surface area contributed by atoms with Crippen molar-refractivity contribution in [3.05, 3.63) is 0 Å². The number of hydrogen-bond donors (Lipinski definition) is 1. The standard InChI is InChI=1S/C21H40O3Si/c1-13(2)21-12-16(23-25(8,9)19(4,5)6)20(7,24-21)15-11-10-14(3)17(15)18(21)22/h13-18,22H,10-12H2,1-9H3/t14-,15?,16?,17-,18+,20?,21?/m0/s1. The highest BCUT2D eigenvalue weighted by atomic mass is 28.4. The Balaban J connectivity index is 2.00. The van der Waals surface area contributed by atoms with E-state index in [9.17, 15) is 5.11 Å². The summed E-state index contributed by atoms with van der Waals surface area (Å²) >= 11 is 0. The van der Waals surface area contributed by atoms with Gasteiger partial charge < -0.3 is 14.3 Å². The molecule has 3 nitrogen and oxygen atoms in total. The molecule has 1 N–H and O–H groups in total. The zero-order chi connectivity index (χ0) is 19.0. The number of fused-ring (bicyclic) bond motifs is 4. The van der Waals surface area contributed by atoms with Gasteiger partial charge in [-0.25, -0.2) is 0 Å². The van der Waals surface area contributed by atoms with Gasteiger partial charge in [-0.3, -0.25) is 0 Å². The molecule has 1 aliphatic carbocycles. The van der Waals surface area contributed by atoms with E-state index in [1.165, 1.54) is 6.42 Å². The molecule has 2 heterocycles. The molecule has 3 fully saturated rings. The lowest BCUT2D eigenvalue weighted by molar-refractivity contribution is -0.257. The van der Waals surface area contributed by atoms with Gasteiger partial charge in [-0.05, 0) is 61.6 Å². The smallest absolute Gasteiger partial charge is 0.192 e. The molecule has 25 heavy (non-hydrogen) atoms. The Morgan fingerprint density at radius 1 is 1.20 bits per heavy atom. The summed E-state index contributed by atoms with van der Waals surface area (Å²) in [6.07, 6.45) is 2.94. The van der Waals surface area contributed by atoms with E-state index in [4.69, 9.17) is 9.16 Å². The van der Waals surface area contributed by atoms with Crippen molar-refractivity contribution in [2.24, 2.45) is 23.7 Å². The van der Waals surface area contributed by atoms with Crippen LogP contribution in [0.1, 0.15) is 67.7 Å². The van der Waals surface area contributed by atoms with Crippen molar-refractivity contribution in [3.63, 3.8) is 0 Å². The summed E-state index contributed by atoms with van der Waals surface area (Å²) in [7, 11) is -1.89. The molecule has 146 valence electrons. The quantitative estimate of drug-likeness (QED) is 0.713. The summed E-state index contributed by atoms with van der Waals surface area (Å²) < 4.78 is 13.8. The summed E-state index contributed by atoms with van der Waals surface area (Å²) in [4.78, 5) is 0. The van der Waals surface area contributed by atoms with Crippen molar-refractivity contribution in [1.82, 2.24) is 0 Å². The molecule has 3 rings (SSSR count). The molecule has 0 amide bonds. The first kappa shape index (κ1) is 19.8. The summed E-state index contributed by atoms with van der Waals surface area (Å²) in [5, 5.41) is 11.6. The van der Waals surface area contributed by atoms with Crippen LogP contribution in [0.4, 0.5) is 0 Å². The molecule has 3 aliphatic rings.